The van der Waals surface area contributed by atoms with Gasteiger partial charge in [0.1, 0.15) is 6.33 Å². The number of hydrogen-bond donors (Lipinski definition) is 0. The molecule has 0 aliphatic rings. The van der Waals surface area contributed by atoms with Crippen LogP contribution in [-0.2, 0) is 0 Å². The number of aryl methyl sites for hydroxylation is 2. The van der Waals surface area contributed by atoms with E-state index in [9.17, 15) is 0 Å². The van der Waals surface area contributed by atoms with Crippen LogP contribution in [0.4, 0.5) is 0 Å². The van der Waals surface area contributed by atoms with Crippen molar-refractivity contribution in [2.75, 3.05) is 0 Å². The van der Waals surface area contributed by atoms with Gasteiger partial charge in [0.15, 0.2) is 5.82 Å². The van der Waals surface area contributed by atoms with E-state index >= 15 is 0 Å². The van der Waals surface area contributed by atoms with Crippen LogP contribution in [0, 0.1) is 13.8 Å². The lowest BCUT2D eigenvalue weighted by Gasteiger charge is -2.12. The Bertz CT molecular complexity index is 947. The molecule has 22 heavy (non-hydrogen) atoms. The van der Waals surface area contributed by atoms with Crippen molar-refractivity contribution in [3.05, 3.63) is 59.4 Å². The fraction of sp³-hybridized carbons (Fsp3) is 0.118. The van der Waals surface area contributed by atoms with Gasteiger partial charge >= 0.3 is 0 Å². The molecule has 2 aromatic carbocycles. The topological polar surface area (TPSA) is 43.6 Å². The molecule has 108 valence electrons. The predicted molar refractivity (Wildman–Crippen MR) is 89.4 cm³/mol. The maximum Gasteiger partial charge on any atom is 0.163 e. The predicted octanol–water partition coefficient (Wildman–Crippen LogP) is 4.16. The van der Waals surface area contributed by atoms with Crippen molar-refractivity contribution in [1.82, 2.24) is 19.7 Å². The second-order valence-electron chi connectivity index (χ2n) is 5.27. The van der Waals surface area contributed by atoms with Crippen molar-refractivity contribution < 1.29 is 0 Å². The number of nitrogens with zero attached hydrogens (tertiary/aromatic N) is 4. The van der Waals surface area contributed by atoms with Gasteiger partial charge in [-0.3, -0.25) is 0 Å². The fourth-order valence-corrected chi connectivity index (χ4v) is 3.45. The van der Waals surface area contributed by atoms with Gasteiger partial charge in [0.05, 0.1) is 21.4 Å². The van der Waals surface area contributed by atoms with E-state index in [0.717, 1.165) is 27.3 Å². The van der Waals surface area contributed by atoms with Crippen molar-refractivity contribution in [3.8, 4) is 17.1 Å². The maximum absolute atomic E-state index is 4.47. The second-order valence-corrected chi connectivity index (χ2v) is 6.16. The van der Waals surface area contributed by atoms with Gasteiger partial charge in [-0.25, -0.2) is 14.6 Å². The van der Waals surface area contributed by atoms with Gasteiger partial charge in [0, 0.05) is 5.56 Å². The van der Waals surface area contributed by atoms with Crippen molar-refractivity contribution in [3.63, 3.8) is 0 Å². The summed E-state index contributed by atoms with van der Waals surface area (Å²) < 4.78 is 3.08. The minimum Gasteiger partial charge on any atom is -0.245 e. The zero-order valence-electron chi connectivity index (χ0n) is 12.3. The number of aromatic nitrogens is 4. The summed E-state index contributed by atoms with van der Waals surface area (Å²) in [5.41, 5.74) is 7.41. The third-order valence-corrected chi connectivity index (χ3v) is 4.58. The molecule has 0 aliphatic heterocycles. The SMILES string of the molecule is Cc1cccc(C)c1-n1ncnc1-c1ccc2ncsc2c1. The lowest BCUT2D eigenvalue weighted by Crippen LogP contribution is -2.04. The molecule has 0 N–H and O–H groups in total. The van der Waals surface area contributed by atoms with Crippen molar-refractivity contribution in [1.29, 1.82) is 0 Å². The number of para-hydroxylation sites is 1. The number of hydrogen-bond acceptors (Lipinski definition) is 4. The second kappa shape index (κ2) is 5.03. The van der Waals surface area contributed by atoms with E-state index in [2.05, 4.69) is 59.2 Å². The molecule has 5 heteroatoms. The summed E-state index contributed by atoms with van der Waals surface area (Å²) in [5.74, 6) is 0.854. The van der Waals surface area contributed by atoms with Crippen LogP contribution in [0.3, 0.4) is 0 Å². The highest BCUT2D eigenvalue weighted by Gasteiger charge is 2.13. The Balaban J connectivity index is 1.93. The zero-order chi connectivity index (χ0) is 15.1. The third kappa shape index (κ3) is 2.02. The molecule has 2 heterocycles. The summed E-state index contributed by atoms with van der Waals surface area (Å²) in [6.07, 6.45) is 1.61. The average Bonchev–Trinajstić information content (AvgIpc) is 3.15. The largest absolute Gasteiger partial charge is 0.245 e. The number of rotatable bonds is 2. The molecule has 0 aliphatic carbocycles. The maximum atomic E-state index is 4.47. The van der Waals surface area contributed by atoms with E-state index in [1.54, 1.807) is 17.7 Å². The highest BCUT2D eigenvalue weighted by atomic mass is 32.1. The molecule has 0 atom stereocenters. The number of thiazole rings is 1. The van der Waals surface area contributed by atoms with Gasteiger partial charge in [-0.15, -0.1) is 11.3 Å². The number of benzene rings is 2. The molecule has 0 unspecified atom stereocenters. The van der Waals surface area contributed by atoms with E-state index in [-0.39, 0.29) is 0 Å². The molecule has 0 saturated heterocycles. The summed E-state index contributed by atoms with van der Waals surface area (Å²) in [5, 5.41) is 4.45. The van der Waals surface area contributed by atoms with E-state index < -0.39 is 0 Å². The molecular weight excluding hydrogens is 292 g/mol. The van der Waals surface area contributed by atoms with Crippen molar-refractivity contribution in [2.24, 2.45) is 0 Å². The van der Waals surface area contributed by atoms with Gasteiger partial charge in [0.2, 0.25) is 0 Å². The van der Waals surface area contributed by atoms with Crippen LogP contribution in [-0.4, -0.2) is 19.7 Å². The first kappa shape index (κ1) is 13.2. The molecule has 4 nitrogen and oxygen atoms in total. The third-order valence-electron chi connectivity index (χ3n) is 3.79. The van der Waals surface area contributed by atoms with E-state index in [1.807, 2.05) is 16.3 Å². The highest BCUT2D eigenvalue weighted by Crippen LogP contribution is 2.28. The Hall–Kier alpha value is -2.53. The molecule has 0 radical (unpaired) electrons. The Kier molecular flexibility index (Phi) is 3.01. The monoisotopic (exact) mass is 306 g/mol. The van der Waals surface area contributed by atoms with Gasteiger partial charge in [-0.1, -0.05) is 18.2 Å². The Morgan fingerprint density at radius 2 is 1.82 bits per heavy atom. The molecular formula is C17H14N4S. The lowest BCUT2D eigenvalue weighted by atomic mass is 10.1. The van der Waals surface area contributed by atoms with Gasteiger partial charge in [-0.05, 0) is 43.2 Å². The minimum atomic E-state index is 0.854. The quantitative estimate of drug-likeness (QED) is 0.558. The molecule has 0 spiro atoms. The van der Waals surface area contributed by atoms with Gasteiger partial charge in [0.25, 0.3) is 0 Å². The van der Waals surface area contributed by atoms with E-state index in [4.69, 9.17) is 0 Å². The first-order valence-corrected chi connectivity index (χ1v) is 7.92. The van der Waals surface area contributed by atoms with E-state index in [0.29, 0.717) is 0 Å². The first-order valence-electron chi connectivity index (χ1n) is 7.04. The number of fused-ring (bicyclic) bond motifs is 1. The molecule has 0 amide bonds. The smallest absolute Gasteiger partial charge is 0.163 e. The van der Waals surface area contributed by atoms with Crippen LogP contribution >= 0.6 is 11.3 Å². The Labute approximate surface area is 132 Å². The van der Waals surface area contributed by atoms with Gasteiger partial charge in [-0.2, -0.15) is 5.10 Å². The molecule has 0 saturated carbocycles. The molecule has 2 aromatic heterocycles. The Morgan fingerprint density at radius 3 is 2.64 bits per heavy atom. The zero-order valence-corrected chi connectivity index (χ0v) is 13.1. The summed E-state index contributed by atoms with van der Waals surface area (Å²) in [6.45, 7) is 4.19. The Morgan fingerprint density at radius 1 is 1.00 bits per heavy atom. The summed E-state index contributed by atoms with van der Waals surface area (Å²) in [7, 11) is 0. The minimum absolute atomic E-state index is 0.854. The summed E-state index contributed by atoms with van der Waals surface area (Å²) in [6, 6.07) is 12.5. The van der Waals surface area contributed by atoms with Crippen LogP contribution in [0.15, 0.2) is 48.2 Å². The molecule has 0 bridgehead atoms. The van der Waals surface area contributed by atoms with Gasteiger partial charge < -0.3 is 0 Å². The molecule has 4 aromatic rings. The van der Waals surface area contributed by atoms with Crippen molar-refractivity contribution in [2.45, 2.75) is 13.8 Å². The normalized spacial score (nSPS) is 11.2. The van der Waals surface area contributed by atoms with Crippen LogP contribution in [0.1, 0.15) is 11.1 Å². The first-order chi connectivity index (χ1) is 10.7. The fourth-order valence-electron chi connectivity index (χ4n) is 2.74. The highest BCUT2D eigenvalue weighted by molar-refractivity contribution is 7.16. The molecule has 4 rings (SSSR count). The summed E-state index contributed by atoms with van der Waals surface area (Å²) >= 11 is 1.64. The van der Waals surface area contributed by atoms with Crippen LogP contribution in [0.25, 0.3) is 27.3 Å². The standard InChI is InChI=1S/C17H14N4S/c1-11-4-3-5-12(2)16(11)21-17(18-9-20-21)13-6-7-14-15(8-13)22-10-19-14/h3-10H,1-2H3. The van der Waals surface area contributed by atoms with Crippen LogP contribution in [0.5, 0.6) is 0 Å². The van der Waals surface area contributed by atoms with Crippen LogP contribution in [0.2, 0.25) is 0 Å². The molecule has 0 fully saturated rings. The van der Waals surface area contributed by atoms with E-state index in [1.165, 1.54) is 11.1 Å². The summed E-state index contributed by atoms with van der Waals surface area (Å²) in [4.78, 5) is 8.80. The average molecular weight is 306 g/mol. The van der Waals surface area contributed by atoms with Crippen LogP contribution < -0.4 is 0 Å². The lowest BCUT2D eigenvalue weighted by molar-refractivity contribution is 0.871. The van der Waals surface area contributed by atoms with Crippen molar-refractivity contribution >= 4 is 21.6 Å².